The summed E-state index contributed by atoms with van der Waals surface area (Å²) in [5.41, 5.74) is 6.23. The molecule has 1 aromatic heterocycles. The molecular formula is C36H40N8O10S. The molecule has 55 heavy (non-hydrogen) atoms. The second-order valence-electron chi connectivity index (χ2n) is 13.3. The average molecular weight is 777 g/mol. The molecule has 290 valence electrons. The number of alkyl carbamates (subject to hydrolysis) is 1. The summed E-state index contributed by atoms with van der Waals surface area (Å²) in [6.45, 7) is 1.55. The number of hydrogen-bond donors (Lipinski definition) is 4. The number of nitrogens with two attached hydrogens (primary N) is 1. The first-order chi connectivity index (χ1) is 26.3. The van der Waals surface area contributed by atoms with Crippen molar-refractivity contribution in [3.05, 3.63) is 65.5 Å². The van der Waals surface area contributed by atoms with Crippen LogP contribution in [-0.4, -0.2) is 104 Å². The van der Waals surface area contributed by atoms with Crippen LogP contribution in [0.3, 0.4) is 0 Å². The van der Waals surface area contributed by atoms with Gasteiger partial charge in [0.2, 0.25) is 11.8 Å². The lowest BCUT2D eigenvalue weighted by Gasteiger charge is -2.33. The van der Waals surface area contributed by atoms with Crippen LogP contribution in [0.2, 0.25) is 0 Å². The van der Waals surface area contributed by atoms with Crippen LogP contribution in [0, 0.1) is 0 Å². The number of nitrogens with one attached hydrogen (secondary N) is 3. The highest BCUT2D eigenvalue weighted by Crippen LogP contribution is 2.30. The van der Waals surface area contributed by atoms with Crippen molar-refractivity contribution in [3.8, 4) is 5.75 Å². The third-order valence-electron chi connectivity index (χ3n) is 9.31. The third-order valence-corrected chi connectivity index (χ3v) is 10.4. The molecule has 3 aliphatic heterocycles. The van der Waals surface area contributed by atoms with Gasteiger partial charge in [-0.05, 0) is 81.0 Å². The fraction of sp³-hybridized carbons (Fsp3) is 0.389. The topological polar surface area (TPSA) is 249 Å². The zero-order chi connectivity index (χ0) is 39.3. The number of primary amides is 1. The smallest absolute Gasteiger partial charge is 0.407 e. The molecule has 0 aliphatic carbocycles. The highest BCUT2D eigenvalue weighted by atomic mass is 32.2. The Hall–Kier alpha value is -6.11. The Bertz CT molecular complexity index is 2130. The summed E-state index contributed by atoms with van der Waals surface area (Å²) in [5.74, 6) is -2.14. The Morgan fingerprint density at radius 3 is 2.45 bits per heavy atom. The molecule has 18 nitrogen and oxygen atoms in total. The van der Waals surface area contributed by atoms with Gasteiger partial charge in [0.25, 0.3) is 17.7 Å². The Kier molecular flexibility index (Phi) is 11.6. The summed E-state index contributed by atoms with van der Waals surface area (Å²) >= 11 is 0. The molecule has 2 unspecified atom stereocenters. The van der Waals surface area contributed by atoms with Crippen molar-refractivity contribution in [3.63, 3.8) is 0 Å². The lowest BCUT2D eigenvalue weighted by atomic mass is 10.0. The number of amides is 6. The molecule has 5 N–H and O–H groups in total. The zero-order valence-electron chi connectivity index (χ0n) is 29.9. The van der Waals surface area contributed by atoms with Crippen molar-refractivity contribution in [2.75, 3.05) is 42.8 Å². The fourth-order valence-electron chi connectivity index (χ4n) is 6.51. The standard InChI is InChI=1S/C36H40N8O10S/c1-55(51,52)24-10-7-21(8-11-24)39-32-30(31(37)46)38-19-28(41-32)43-15-5-6-22(20-43)40-36(50)54-17-4-2-3-16-53-23-9-12-25-26(18-23)35(49)44(34(25)48)27-13-14-29(45)42-33(27)47/h7-12,18-19,22,27H,2-6,13-17,20H2,1H3,(H2,37,46)(H,39,41)(H,40,50)(H,42,45,47). The number of carbonyl (C=O) groups is 6. The minimum atomic E-state index is -3.39. The van der Waals surface area contributed by atoms with Gasteiger partial charge in [0.15, 0.2) is 21.3 Å². The van der Waals surface area contributed by atoms with Gasteiger partial charge in [0.1, 0.15) is 17.6 Å². The predicted molar refractivity (Wildman–Crippen MR) is 196 cm³/mol. The predicted octanol–water partition coefficient (Wildman–Crippen LogP) is 2.07. The number of aromatic nitrogens is 2. The molecule has 4 heterocycles. The quantitative estimate of drug-likeness (QED) is 0.135. The molecule has 0 bridgehead atoms. The number of rotatable bonds is 14. The van der Waals surface area contributed by atoms with Crippen molar-refractivity contribution in [1.82, 2.24) is 25.5 Å². The van der Waals surface area contributed by atoms with Gasteiger partial charge in [-0.15, -0.1) is 0 Å². The van der Waals surface area contributed by atoms with Gasteiger partial charge in [0.05, 0.1) is 35.4 Å². The number of fused-ring (bicyclic) bond motifs is 1. The van der Waals surface area contributed by atoms with Gasteiger partial charge >= 0.3 is 6.09 Å². The fourth-order valence-corrected chi connectivity index (χ4v) is 7.14. The summed E-state index contributed by atoms with van der Waals surface area (Å²) in [4.78, 5) is 86.1. The van der Waals surface area contributed by atoms with E-state index in [2.05, 4.69) is 25.9 Å². The Labute approximate surface area is 316 Å². The van der Waals surface area contributed by atoms with Crippen LogP contribution in [0.4, 0.5) is 22.1 Å². The Morgan fingerprint density at radius 2 is 1.73 bits per heavy atom. The normalized spacial score (nSPS) is 18.4. The van der Waals surface area contributed by atoms with Crippen molar-refractivity contribution >= 4 is 62.8 Å². The van der Waals surface area contributed by atoms with Gasteiger partial charge in [-0.3, -0.25) is 34.2 Å². The molecule has 19 heteroatoms. The number of benzene rings is 2. The highest BCUT2D eigenvalue weighted by Gasteiger charge is 2.44. The minimum absolute atomic E-state index is 0.0393. The highest BCUT2D eigenvalue weighted by molar-refractivity contribution is 7.90. The van der Waals surface area contributed by atoms with E-state index in [1.54, 1.807) is 18.2 Å². The van der Waals surface area contributed by atoms with Crippen LogP contribution in [0.25, 0.3) is 0 Å². The number of ether oxygens (including phenoxy) is 2. The average Bonchev–Trinajstić information content (AvgIpc) is 3.39. The number of hydrogen-bond acceptors (Lipinski definition) is 14. The summed E-state index contributed by atoms with van der Waals surface area (Å²) in [7, 11) is -3.39. The Morgan fingerprint density at radius 1 is 0.982 bits per heavy atom. The number of carbonyl (C=O) groups excluding carboxylic acids is 6. The maximum absolute atomic E-state index is 13.0. The van der Waals surface area contributed by atoms with E-state index in [4.69, 9.17) is 15.2 Å². The van der Waals surface area contributed by atoms with Crippen LogP contribution in [-0.2, 0) is 24.2 Å². The van der Waals surface area contributed by atoms with E-state index in [0.717, 1.165) is 17.6 Å². The first-order valence-corrected chi connectivity index (χ1v) is 19.6. The van der Waals surface area contributed by atoms with Gasteiger partial charge in [0, 0.05) is 37.5 Å². The largest absolute Gasteiger partial charge is 0.494 e. The van der Waals surface area contributed by atoms with E-state index in [1.807, 2.05) is 4.90 Å². The SMILES string of the molecule is CS(=O)(=O)c1ccc(Nc2nc(N3CCCC(NC(=O)OCCCCCOc4ccc5c(c4)C(=O)N(C4CCC(=O)NC4=O)C5=O)C3)cnc2C(N)=O)cc1. The van der Waals surface area contributed by atoms with Crippen LogP contribution in [0.5, 0.6) is 5.75 Å². The molecule has 3 aliphatic rings. The molecule has 3 aromatic rings. The molecule has 6 rings (SSSR count). The second kappa shape index (κ2) is 16.5. The number of nitrogens with zero attached hydrogens (tertiary/aromatic N) is 4. The summed E-state index contributed by atoms with van der Waals surface area (Å²) < 4.78 is 34.8. The lowest BCUT2D eigenvalue weighted by molar-refractivity contribution is -0.136. The van der Waals surface area contributed by atoms with Crippen molar-refractivity contribution in [1.29, 1.82) is 0 Å². The molecule has 2 saturated heterocycles. The van der Waals surface area contributed by atoms with E-state index in [9.17, 15) is 37.2 Å². The number of anilines is 3. The molecule has 0 saturated carbocycles. The molecule has 6 amide bonds. The van der Waals surface area contributed by atoms with Crippen LogP contribution >= 0.6 is 0 Å². The van der Waals surface area contributed by atoms with Gasteiger partial charge < -0.3 is 30.7 Å². The Balaban J connectivity index is 0.921. The molecule has 2 fully saturated rings. The van der Waals surface area contributed by atoms with Crippen molar-refractivity contribution < 1.29 is 46.7 Å². The molecular weight excluding hydrogens is 737 g/mol. The number of sulfone groups is 1. The van der Waals surface area contributed by atoms with E-state index in [0.29, 0.717) is 62.6 Å². The molecule has 2 atom stereocenters. The minimum Gasteiger partial charge on any atom is -0.494 e. The number of unbranched alkanes of at least 4 members (excludes halogenated alkanes) is 2. The van der Waals surface area contributed by atoms with E-state index >= 15 is 0 Å². The van der Waals surface area contributed by atoms with E-state index < -0.39 is 51.5 Å². The second-order valence-corrected chi connectivity index (χ2v) is 15.4. The van der Waals surface area contributed by atoms with Crippen LogP contribution in [0.15, 0.2) is 53.6 Å². The zero-order valence-corrected chi connectivity index (χ0v) is 30.7. The molecule has 0 spiro atoms. The van der Waals surface area contributed by atoms with Gasteiger partial charge in [-0.1, -0.05) is 0 Å². The van der Waals surface area contributed by atoms with Crippen LogP contribution < -0.4 is 31.3 Å². The maximum atomic E-state index is 13.0. The number of imide groups is 2. The van der Waals surface area contributed by atoms with Crippen molar-refractivity contribution in [2.24, 2.45) is 5.73 Å². The number of piperidine rings is 2. The summed E-state index contributed by atoms with van der Waals surface area (Å²) in [6.07, 6.45) is 5.46. The van der Waals surface area contributed by atoms with Gasteiger partial charge in [-0.2, -0.15) is 0 Å². The maximum Gasteiger partial charge on any atom is 0.407 e. The molecule has 2 aromatic carbocycles. The van der Waals surface area contributed by atoms with Crippen molar-refractivity contribution in [2.45, 2.75) is 61.9 Å². The van der Waals surface area contributed by atoms with Gasteiger partial charge in [-0.25, -0.2) is 23.2 Å². The third kappa shape index (κ3) is 9.17. The first-order valence-electron chi connectivity index (χ1n) is 17.7. The summed E-state index contributed by atoms with van der Waals surface area (Å²) in [5, 5.41) is 8.06. The first kappa shape index (κ1) is 38.6. The van der Waals surface area contributed by atoms with Crippen LogP contribution in [0.1, 0.15) is 76.2 Å². The van der Waals surface area contributed by atoms with E-state index in [1.165, 1.54) is 30.5 Å². The monoisotopic (exact) mass is 776 g/mol. The van der Waals surface area contributed by atoms with E-state index in [-0.39, 0.29) is 53.0 Å². The summed E-state index contributed by atoms with van der Waals surface area (Å²) in [6, 6.07) is 9.22. The molecule has 0 radical (unpaired) electrons. The lowest BCUT2D eigenvalue weighted by Crippen LogP contribution is -2.54.